The number of nitrogens with zero attached hydrogens (tertiary/aromatic N) is 1. The molecule has 0 aliphatic carbocycles. The Morgan fingerprint density at radius 1 is 1.15 bits per heavy atom. The lowest BCUT2D eigenvalue weighted by Crippen LogP contribution is -2.22. The van der Waals surface area contributed by atoms with Crippen LogP contribution in [0.2, 0.25) is 0 Å². The molecule has 0 atom stereocenters. The third-order valence-electron chi connectivity index (χ3n) is 2.70. The van der Waals surface area contributed by atoms with E-state index in [-0.39, 0.29) is 5.91 Å². The van der Waals surface area contributed by atoms with Gasteiger partial charge in [-0.25, -0.2) is 0 Å². The van der Waals surface area contributed by atoms with E-state index in [1.54, 1.807) is 32.3 Å². The van der Waals surface area contributed by atoms with E-state index in [2.05, 4.69) is 22.6 Å². The number of halogens is 1. The van der Waals surface area contributed by atoms with Gasteiger partial charge in [0.15, 0.2) is 0 Å². The van der Waals surface area contributed by atoms with Gasteiger partial charge in [-0.1, -0.05) is 12.1 Å². The van der Waals surface area contributed by atoms with Crippen LogP contribution >= 0.6 is 22.6 Å². The summed E-state index contributed by atoms with van der Waals surface area (Å²) in [5, 5.41) is 0. The normalized spacial score (nSPS) is 10.2. The van der Waals surface area contributed by atoms with Crippen molar-refractivity contribution in [3.05, 3.63) is 51.6 Å². The minimum atomic E-state index is -0.120. The van der Waals surface area contributed by atoms with Gasteiger partial charge >= 0.3 is 0 Å². The highest BCUT2D eigenvalue weighted by molar-refractivity contribution is 14.1. The Kier molecular flexibility index (Phi) is 4.49. The Labute approximate surface area is 131 Å². The maximum Gasteiger partial charge on any atom is 0.257 e. The first kappa shape index (κ1) is 14.6. The standard InChI is InChI=1S/C15H15IN2O2/c1-18(2)15(19)11-8-7-10(17)9-14(11)20-13-6-4-3-5-12(13)16/h3-9H,17H2,1-2H3. The van der Waals surface area contributed by atoms with E-state index >= 15 is 0 Å². The van der Waals surface area contributed by atoms with Crippen molar-refractivity contribution in [2.45, 2.75) is 0 Å². The van der Waals surface area contributed by atoms with Gasteiger partial charge in [0.2, 0.25) is 0 Å². The average Bonchev–Trinajstić information content (AvgIpc) is 2.41. The molecule has 20 heavy (non-hydrogen) atoms. The summed E-state index contributed by atoms with van der Waals surface area (Å²) in [6, 6.07) is 12.7. The molecule has 0 bridgehead atoms. The van der Waals surface area contributed by atoms with Crippen molar-refractivity contribution in [1.29, 1.82) is 0 Å². The fourth-order valence-corrected chi connectivity index (χ4v) is 2.18. The molecule has 104 valence electrons. The van der Waals surface area contributed by atoms with Gasteiger partial charge in [-0.05, 0) is 46.9 Å². The molecule has 5 heteroatoms. The summed E-state index contributed by atoms with van der Waals surface area (Å²) in [6.45, 7) is 0. The van der Waals surface area contributed by atoms with Gasteiger partial charge in [0, 0.05) is 25.8 Å². The van der Waals surface area contributed by atoms with Crippen LogP contribution in [0.4, 0.5) is 5.69 Å². The van der Waals surface area contributed by atoms with Crippen LogP contribution in [0.25, 0.3) is 0 Å². The average molecular weight is 382 g/mol. The first-order valence-corrected chi connectivity index (χ1v) is 7.10. The number of benzene rings is 2. The second-order valence-corrected chi connectivity index (χ2v) is 5.65. The monoisotopic (exact) mass is 382 g/mol. The second-order valence-electron chi connectivity index (χ2n) is 4.49. The summed E-state index contributed by atoms with van der Waals surface area (Å²) >= 11 is 2.19. The summed E-state index contributed by atoms with van der Waals surface area (Å²) < 4.78 is 6.83. The first-order chi connectivity index (χ1) is 9.49. The first-order valence-electron chi connectivity index (χ1n) is 6.02. The smallest absolute Gasteiger partial charge is 0.257 e. The quantitative estimate of drug-likeness (QED) is 0.654. The molecule has 0 aliphatic rings. The lowest BCUT2D eigenvalue weighted by Gasteiger charge is -2.15. The molecular weight excluding hydrogens is 367 g/mol. The molecule has 0 saturated heterocycles. The molecule has 2 aromatic rings. The van der Waals surface area contributed by atoms with Crippen LogP contribution in [-0.2, 0) is 0 Å². The molecule has 4 nitrogen and oxygen atoms in total. The van der Waals surface area contributed by atoms with Crippen LogP contribution in [-0.4, -0.2) is 24.9 Å². The van der Waals surface area contributed by atoms with Gasteiger partial charge in [0.05, 0.1) is 9.13 Å². The molecule has 2 aromatic carbocycles. The largest absolute Gasteiger partial charge is 0.455 e. The van der Waals surface area contributed by atoms with Crippen LogP contribution in [0.1, 0.15) is 10.4 Å². The zero-order chi connectivity index (χ0) is 14.7. The molecule has 0 spiro atoms. The van der Waals surface area contributed by atoms with Crippen molar-refractivity contribution in [3.63, 3.8) is 0 Å². The van der Waals surface area contributed by atoms with Crippen molar-refractivity contribution in [3.8, 4) is 11.5 Å². The number of rotatable bonds is 3. The number of carbonyl (C=O) groups is 1. The predicted octanol–water partition coefficient (Wildman–Crippen LogP) is 3.37. The third-order valence-corrected chi connectivity index (χ3v) is 3.59. The van der Waals surface area contributed by atoms with Crippen molar-refractivity contribution < 1.29 is 9.53 Å². The molecule has 0 aliphatic heterocycles. The second kappa shape index (κ2) is 6.13. The number of nitrogens with two attached hydrogens (primary N) is 1. The SMILES string of the molecule is CN(C)C(=O)c1ccc(N)cc1Oc1ccccc1I. The van der Waals surface area contributed by atoms with E-state index in [1.165, 1.54) is 4.90 Å². The summed E-state index contributed by atoms with van der Waals surface area (Å²) in [4.78, 5) is 13.7. The summed E-state index contributed by atoms with van der Waals surface area (Å²) in [5.41, 5.74) is 6.84. The Morgan fingerprint density at radius 3 is 2.50 bits per heavy atom. The molecule has 0 unspecified atom stereocenters. The van der Waals surface area contributed by atoms with Gasteiger partial charge in [0.1, 0.15) is 11.5 Å². The lowest BCUT2D eigenvalue weighted by atomic mass is 10.1. The van der Waals surface area contributed by atoms with Gasteiger partial charge in [-0.3, -0.25) is 4.79 Å². The minimum Gasteiger partial charge on any atom is -0.455 e. The van der Waals surface area contributed by atoms with Crippen molar-refractivity contribution in [2.24, 2.45) is 0 Å². The molecular formula is C15H15IN2O2. The summed E-state index contributed by atoms with van der Waals surface area (Å²) in [5.74, 6) is 1.05. The Hall–Kier alpha value is -1.76. The number of para-hydroxylation sites is 1. The molecule has 0 fully saturated rings. The van der Waals surface area contributed by atoms with Crippen molar-refractivity contribution in [1.82, 2.24) is 4.90 Å². The molecule has 1 amide bonds. The maximum absolute atomic E-state index is 12.2. The highest BCUT2D eigenvalue weighted by Gasteiger charge is 2.16. The van der Waals surface area contributed by atoms with Crippen molar-refractivity contribution >= 4 is 34.2 Å². The molecule has 0 saturated carbocycles. The number of hydrogen-bond donors (Lipinski definition) is 1. The van der Waals surface area contributed by atoms with Gasteiger partial charge < -0.3 is 15.4 Å². The number of hydrogen-bond acceptors (Lipinski definition) is 3. The van der Waals surface area contributed by atoms with Gasteiger partial charge in [-0.2, -0.15) is 0 Å². The summed E-state index contributed by atoms with van der Waals surface area (Å²) in [7, 11) is 3.41. The Balaban J connectivity index is 2.43. The number of anilines is 1. The van der Waals surface area contributed by atoms with E-state index in [0.29, 0.717) is 22.7 Å². The van der Waals surface area contributed by atoms with E-state index < -0.39 is 0 Å². The zero-order valence-electron chi connectivity index (χ0n) is 11.3. The molecule has 2 N–H and O–H groups in total. The molecule has 0 heterocycles. The third kappa shape index (κ3) is 3.22. The number of carbonyl (C=O) groups excluding carboxylic acids is 1. The van der Waals surface area contributed by atoms with E-state index in [4.69, 9.17) is 10.5 Å². The molecule has 0 radical (unpaired) electrons. The van der Waals surface area contributed by atoms with E-state index in [1.807, 2.05) is 24.3 Å². The van der Waals surface area contributed by atoms with E-state index in [0.717, 1.165) is 3.57 Å². The highest BCUT2D eigenvalue weighted by Crippen LogP contribution is 2.31. The lowest BCUT2D eigenvalue weighted by molar-refractivity contribution is 0.0825. The Bertz CT molecular complexity index is 642. The van der Waals surface area contributed by atoms with Crippen LogP contribution < -0.4 is 10.5 Å². The summed E-state index contributed by atoms with van der Waals surface area (Å²) in [6.07, 6.45) is 0. The highest BCUT2D eigenvalue weighted by atomic mass is 127. The fourth-order valence-electron chi connectivity index (χ4n) is 1.69. The van der Waals surface area contributed by atoms with Gasteiger partial charge in [0.25, 0.3) is 5.91 Å². The van der Waals surface area contributed by atoms with Crippen LogP contribution in [0, 0.1) is 3.57 Å². The van der Waals surface area contributed by atoms with E-state index in [9.17, 15) is 4.79 Å². The fraction of sp³-hybridized carbons (Fsp3) is 0.133. The number of amides is 1. The van der Waals surface area contributed by atoms with Crippen LogP contribution in [0.5, 0.6) is 11.5 Å². The van der Waals surface area contributed by atoms with Gasteiger partial charge in [-0.15, -0.1) is 0 Å². The topological polar surface area (TPSA) is 55.6 Å². The Morgan fingerprint density at radius 2 is 1.85 bits per heavy atom. The number of nitrogen functional groups attached to an aromatic ring is 1. The number of ether oxygens (including phenoxy) is 1. The molecule has 0 aromatic heterocycles. The molecule has 2 rings (SSSR count). The van der Waals surface area contributed by atoms with Crippen LogP contribution in [0.3, 0.4) is 0 Å². The minimum absolute atomic E-state index is 0.120. The van der Waals surface area contributed by atoms with Crippen molar-refractivity contribution in [2.75, 3.05) is 19.8 Å². The predicted molar refractivity (Wildman–Crippen MR) is 88.1 cm³/mol. The van der Waals surface area contributed by atoms with Crippen LogP contribution in [0.15, 0.2) is 42.5 Å². The maximum atomic E-state index is 12.2. The zero-order valence-corrected chi connectivity index (χ0v) is 13.4.